The highest BCUT2D eigenvalue weighted by atomic mass is 19.3. The number of benzene rings is 2. The molecule has 0 aromatic heterocycles. The maximum absolute atomic E-state index is 12.3. The molecule has 0 spiro atoms. The molecule has 4 nitrogen and oxygen atoms in total. The normalized spacial score (nSPS) is 12.7. The minimum absolute atomic E-state index is 0.0449. The van der Waals surface area contributed by atoms with Gasteiger partial charge in [0.05, 0.1) is 0 Å². The average molecular weight is 373 g/mol. The van der Waals surface area contributed by atoms with E-state index in [0.717, 1.165) is 19.3 Å². The zero-order chi connectivity index (χ0) is 19.2. The number of carbonyl (C=O) groups excluding carboxylic acids is 2. The number of rotatable bonds is 8. The van der Waals surface area contributed by atoms with Gasteiger partial charge in [0.2, 0.25) is 5.91 Å². The van der Waals surface area contributed by atoms with Gasteiger partial charge in [-0.3, -0.25) is 9.59 Å². The summed E-state index contributed by atoms with van der Waals surface area (Å²) in [6.45, 7) is -2.70. The van der Waals surface area contributed by atoms with Gasteiger partial charge in [-0.15, -0.1) is 0 Å². The van der Waals surface area contributed by atoms with E-state index in [2.05, 4.69) is 10.1 Å². The lowest BCUT2D eigenvalue weighted by Crippen LogP contribution is -2.23. The number of amides is 1. The summed E-state index contributed by atoms with van der Waals surface area (Å²) in [5.41, 5.74) is 3.84. The Morgan fingerprint density at radius 1 is 1.04 bits per heavy atom. The molecule has 6 heteroatoms. The van der Waals surface area contributed by atoms with Gasteiger partial charge in [0.25, 0.3) is 0 Å². The molecule has 2 aromatic carbocycles. The Kier molecular flexibility index (Phi) is 6.16. The van der Waals surface area contributed by atoms with Gasteiger partial charge < -0.3 is 10.1 Å². The lowest BCUT2D eigenvalue weighted by atomic mass is 10.0. The van der Waals surface area contributed by atoms with E-state index in [1.807, 2.05) is 18.2 Å². The van der Waals surface area contributed by atoms with E-state index < -0.39 is 6.61 Å². The Morgan fingerprint density at radius 2 is 1.85 bits per heavy atom. The fraction of sp³-hybridized carbons (Fsp3) is 0.333. The van der Waals surface area contributed by atoms with E-state index in [0.29, 0.717) is 11.1 Å². The van der Waals surface area contributed by atoms with Crippen LogP contribution in [0.2, 0.25) is 0 Å². The number of aryl methyl sites for hydroxylation is 2. The van der Waals surface area contributed by atoms with Gasteiger partial charge in [-0.25, -0.2) is 0 Å². The summed E-state index contributed by atoms with van der Waals surface area (Å²) < 4.78 is 28.8. The molecule has 0 heterocycles. The number of fused-ring (bicyclic) bond motifs is 1. The molecule has 1 aliphatic carbocycles. The molecule has 1 N–H and O–H groups in total. The summed E-state index contributed by atoms with van der Waals surface area (Å²) in [6, 6.07) is 11.9. The summed E-state index contributed by atoms with van der Waals surface area (Å²) in [5, 5.41) is 2.69. The Morgan fingerprint density at radius 3 is 2.67 bits per heavy atom. The number of ether oxygens (including phenoxy) is 1. The Balaban J connectivity index is 1.46. The number of halogens is 2. The number of nitrogens with one attached hydrogen (secondary N) is 1. The molecule has 0 bridgehead atoms. The van der Waals surface area contributed by atoms with Crippen molar-refractivity contribution in [3.8, 4) is 5.75 Å². The minimum Gasteiger partial charge on any atom is -0.435 e. The second-order valence-electron chi connectivity index (χ2n) is 6.56. The Hall–Kier alpha value is -2.76. The number of Topliss-reactive ketones (excluding diaryl/α,β-unsaturated/α-hetero) is 1. The van der Waals surface area contributed by atoms with Crippen LogP contribution in [0.15, 0.2) is 42.5 Å². The van der Waals surface area contributed by atoms with Crippen molar-refractivity contribution in [1.29, 1.82) is 0 Å². The van der Waals surface area contributed by atoms with Crippen LogP contribution >= 0.6 is 0 Å². The van der Waals surface area contributed by atoms with Gasteiger partial charge in [0.1, 0.15) is 5.75 Å². The number of alkyl halides is 2. The summed E-state index contributed by atoms with van der Waals surface area (Å²) >= 11 is 0. The molecular formula is C21H21F2NO3. The first-order valence-corrected chi connectivity index (χ1v) is 8.97. The summed E-state index contributed by atoms with van der Waals surface area (Å²) in [5.74, 6) is -0.264. The van der Waals surface area contributed by atoms with Crippen LogP contribution in [-0.2, 0) is 24.2 Å². The Bertz CT molecular complexity index is 836. The van der Waals surface area contributed by atoms with Gasteiger partial charge in [-0.05, 0) is 54.2 Å². The fourth-order valence-corrected chi connectivity index (χ4v) is 3.24. The average Bonchev–Trinajstić information content (AvgIpc) is 3.12. The van der Waals surface area contributed by atoms with Crippen molar-refractivity contribution in [2.75, 3.05) is 0 Å². The monoisotopic (exact) mass is 373 g/mol. The maximum Gasteiger partial charge on any atom is 0.387 e. The fourth-order valence-electron chi connectivity index (χ4n) is 3.24. The molecule has 142 valence electrons. The molecule has 1 aliphatic rings. The maximum atomic E-state index is 12.3. The van der Waals surface area contributed by atoms with Gasteiger partial charge in [0.15, 0.2) is 5.78 Å². The van der Waals surface area contributed by atoms with Crippen molar-refractivity contribution < 1.29 is 23.1 Å². The SMILES string of the molecule is O=C(CCC(=O)c1ccc2c(c1)CCC2)NCc1cccc(OC(F)F)c1. The standard InChI is InChI=1S/C21H21F2NO3/c22-21(23)27-18-6-1-3-14(11-18)13-24-20(26)10-9-19(25)17-8-7-15-4-2-5-16(15)12-17/h1,3,6-8,11-12,21H,2,4-5,9-10,13H2,(H,24,26). The van der Waals surface area contributed by atoms with Crippen LogP contribution in [0.4, 0.5) is 8.78 Å². The van der Waals surface area contributed by atoms with Crippen molar-refractivity contribution in [3.63, 3.8) is 0 Å². The van der Waals surface area contributed by atoms with Crippen LogP contribution in [0.1, 0.15) is 46.3 Å². The third-order valence-electron chi connectivity index (χ3n) is 4.61. The number of hydrogen-bond donors (Lipinski definition) is 1. The molecule has 1 amide bonds. The van der Waals surface area contributed by atoms with Gasteiger partial charge in [-0.1, -0.05) is 24.3 Å². The van der Waals surface area contributed by atoms with E-state index in [9.17, 15) is 18.4 Å². The largest absolute Gasteiger partial charge is 0.435 e. The number of hydrogen-bond acceptors (Lipinski definition) is 3. The van der Waals surface area contributed by atoms with Crippen molar-refractivity contribution >= 4 is 11.7 Å². The van der Waals surface area contributed by atoms with E-state index in [1.165, 1.54) is 23.3 Å². The molecule has 3 rings (SSSR count). The molecular weight excluding hydrogens is 352 g/mol. The molecule has 0 saturated carbocycles. The molecule has 0 aliphatic heterocycles. The summed E-state index contributed by atoms with van der Waals surface area (Å²) in [7, 11) is 0. The predicted octanol–water partition coefficient (Wildman–Crippen LogP) is 4.06. The van der Waals surface area contributed by atoms with Crippen molar-refractivity contribution in [1.82, 2.24) is 5.32 Å². The molecule has 27 heavy (non-hydrogen) atoms. The zero-order valence-electron chi connectivity index (χ0n) is 14.8. The highest BCUT2D eigenvalue weighted by Crippen LogP contribution is 2.23. The van der Waals surface area contributed by atoms with Crippen molar-refractivity contribution in [2.24, 2.45) is 0 Å². The first kappa shape index (κ1) is 19.0. The lowest BCUT2D eigenvalue weighted by Gasteiger charge is -2.08. The topological polar surface area (TPSA) is 55.4 Å². The van der Waals surface area contributed by atoms with E-state index in [4.69, 9.17) is 0 Å². The van der Waals surface area contributed by atoms with Crippen LogP contribution in [-0.4, -0.2) is 18.3 Å². The van der Waals surface area contributed by atoms with Crippen LogP contribution in [0.3, 0.4) is 0 Å². The second kappa shape index (κ2) is 8.75. The third kappa shape index (κ3) is 5.36. The van der Waals surface area contributed by atoms with E-state index >= 15 is 0 Å². The second-order valence-corrected chi connectivity index (χ2v) is 6.56. The van der Waals surface area contributed by atoms with Crippen molar-refractivity contribution in [2.45, 2.75) is 45.3 Å². The molecule has 0 saturated heterocycles. The first-order chi connectivity index (χ1) is 13.0. The summed E-state index contributed by atoms with van der Waals surface area (Å²) in [4.78, 5) is 24.3. The van der Waals surface area contributed by atoms with Gasteiger partial charge in [0, 0.05) is 24.9 Å². The highest BCUT2D eigenvalue weighted by Gasteiger charge is 2.15. The third-order valence-corrected chi connectivity index (χ3v) is 4.61. The lowest BCUT2D eigenvalue weighted by molar-refractivity contribution is -0.121. The summed E-state index contributed by atoms with van der Waals surface area (Å²) in [6.07, 6.45) is 3.42. The minimum atomic E-state index is -2.89. The van der Waals surface area contributed by atoms with Crippen LogP contribution in [0.5, 0.6) is 5.75 Å². The smallest absolute Gasteiger partial charge is 0.387 e. The Labute approximate surface area is 156 Å². The number of ketones is 1. The van der Waals surface area contributed by atoms with Crippen LogP contribution < -0.4 is 10.1 Å². The van der Waals surface area contributed by atoms with Crippen molar-refractivity contribution in [3.05, 3.63) is 64.7 Å². The first-order valence-electron chi connectivity index (χ1n) is 8.97. The zero-order valence-corrected chi connectivity index (χ0v) is 14.8. The molecule has 0 atom stereocenters. The van der Waals surface area contributed by atoms with Gasteiger partial charge >= 0.3 is 6.61 Å². The molecule has 2 aromatic rings. The quantitative estimate of drug-likeness (QED) is 0.710. The van der Waals surface area contributed by atoms with Gasteiger partial charge in [-0.2, -0.15) is 8.78 Å². The molecule has 0 unspecified atom stereocenters. The van der Waals surface area contributed by atoms with Crippen LogP contribution in [0.25, 0.3) is 0 Å². The van der Waals surface area contributed by atoms with E-state index in [1.54, 1.807) is 12.1 Å². The molecule has 0 radical (unpaired) electrons. The number of carbonyl (C=O) groups is 2. The molecule has 0 fully saturated rings. The predicted molar refractivity (Wildman–Crippen MR) is 97.0 cm³/mol. The van der Waals surface area contributed by atoms with E-state index in [-0.39, 0.29) is 36.8 Å². The highest BCUT2D eigenvalue weighted by molar-refractivity contribution is 5.98. The van der Waals surface area contributed by atoms with Crippen LogP contribution in [0, 0.1) is 0 Å².